The summed E-state index contributed by atoms with van der Waals surface area (Å²) >= 11 is 5.14. The highest BCUT2D eigenvalue weighted by atomic mass is 79.9. The average molecular weight is 368 g/mol. The molecule has 0 aliphatic rings. The molecule has 6 heteroatoms. The van der Waals surface area contributed by atoms with Crippen molar-refractivity contribution >= 4 is 37.1 Å². The summed E-state index contributed by atoms with van der Waals surface area (Å²) in [4.78, 5) is 2.23. The summed E-state index contributed by atoms with van der Waals surface area (Å²) in [6.45, 7) is 8.49. The molecule has 0 spiro atoms. The van der Waals surface area contributed by atoms with E-state index in [0.717, 1.165) is 22.3 Å². The molecule has 1 N–H and O–H groups in total. The first-order valence-corrected chi connectivity index (χ1v) is 9.80. The van der Waals surface area contributed by atoms with E-state index >= 15 is 0 Å². The van der Waals surface area contributed by atoms with Crippen LogP contribution in [-0.2, 0) is 9.84 Å². The van der Waals surface area contributed by atoms with E-state index in [1.807, 2.05) is 13.0 Å². The predicted molar refractivity (Wildman–Crippen MR) is 86.7 cm³/mol. The second kappa shape index (κ2) is 6.24. The van der Waals surface area contributed by atoms with Crippen molar-refractivity contribution in [2.24, 2.45) is 0 Å². The second-order valence-corrected chi connectivity index (χ2v) is 10.1. The van der Waals surface area contributed by atoms with Crippen molar-refractivity contribution < 1.29 is 8.42 Å². The van der Waals surface area contributed by atoms with E-state index in [1.54, 1.807) is 25.2 Å². The van der Waals surface area contributed by atoms with Gasteiger partial charge in [0.25, 0.3) is 0 Å². The van der Waals surface area contributed by atoms with E-state index in [0.29, 0.717) is 0 Å². The van der Waals surface area contributed by atoms with Crippen LogP contribution in [0.15, 0.2) is 10.5 Å². The minimum atomic E-state index is -3.15. The van der Waals surface area contributed by atoms with Crippen molar-refractivity contribution in [3.05, 3.63) is 20.3 Å². The highest BCUT2D eigenvalue weighted by Crippen LogP contribution is 2.38. The molecule has 110 valence electrons. The van der Waals surface area contributed by atoms with Crippen LogP contribution in [0.1, 0.15) is 43.0 Å². The molecule has 0 bridgehead atoms. The zero-order valence-electron chi connectivity index (χ0n) is 12.1. The maximum absolute atomic E-state index is 12.1. The Morgan fingerprint density at radius 1 is 1.47 bits per heavy atom. The lowest BCUT2D eigenvalue weighted by Crippen LogP contribution is -2.44. The zero-order chi connectivity index (χ0) is 14.8. The minimum Gasteiger partial charge on any atom is -0.308 e. The van der Waals surface area contributed by atoms with E-state index in [4.69, 9.17) is 0 Å². The van der Waals surface area contributed by atoms with Crippen LogP contribution in [0.3, 0.4) is 0 Å². The molecule has 1 unspecified atom stereocenters. The first kappa shape index (κ1) is 17.1. The van der Waals surface area contributed by atoms with Gasteiger partial charge in [-0.25, -0.2) is 8.42 Å². The van der Waals surface area contributed by atoms with Gasteiger partial charge in [-0.15, -0.1) is 11.3 Å². The molecule has 0 aliphatic carbocycles. The first-order valence-electron chi connectivity index (χ1n) is 6.30. The standard InChI is InChI=1S/C13H22BrNO2S2/c1-6-7-15-12(13(3,4)19(5,16)17)11-8-10(14)9(2)18-11/h8,12,15H,6-7H2,1-5H3. The number of sulfone groups is 1. The molecule has 1 aromatic heterocycles. The van der Waals surface area contributed by atoms with Gasteiger partial charge in [0.1, 0.15) is 0 Å². The Morgan fingerprint density at radius 3 is 2.42 bits per heavy atom. The summed E-state index contributed by atoms with van der Waals surface area (Å²) in [6.07, 6.45) is 2.28. The molecule has 1 rings (SSSR count). The molecule has 0 fully saturated rings. The van der Waals surface area contributed by atoms with Crippen LogP contribution in [0.4, 0.5) is 0 Å². The summed E-state index contributed by atoms with van der Waals surface area (Å²) in [5, 5.41) is 3.38. The lowest BCUT2D eigenvalue weighted by atomic mass is 10.0. The Balaban J connectivity index is 3.22. The van der Waals surface area contributed by atoms with Crippen LogP contribution in [0.5, 0.6) is 0 Å². The summed E-state index contributed by atoms with van der Waals surface area (Å²) in [6, 6.07) is 1.85. The summed E-state index contributed by atoms with van der Waals surface area (Å²) in [5.41, 5.74) is 0. The van der Waals surface area contributed by atoms with Crippen LogP contribution in [-0.4, -0.2) is 26.0 Å². The smallest absolute Gasteiger partial charge is 0.154 e. The lowest BCUT2D eigenvalue weighted by Gasteiger charge is -2.32. The molecule has 0 aliphatic heterocycles. The highest BCUT2D eigenvalue weighted by molar-refractivity contribution is 9.10. The third kappa shape index (κ3) is 3.80. The summed E-state index contributed by atoms with van der Waals surface area (Å²) in [7, 11) is -3.15. The number of nitrogens with one attached hydrogen (secondary N) is 1. The van der Waals surface area contributed by atoms with Gasteiger partial charge in [0.05, 0.1) is 10.8 Å². The fraction of sp³-hybridized carbons (Fsp3) is 0.692. The van der Waals surface area contributed by atoms with E-state index < -0.39 is 14.6 Å². The van der Waals surface area contributed by atoms with Crippen LogP contribution < -0.4 is 5.32 Å². The topological polar surface area (TPSA) is 46.2 Å². The maximum atomic E-state index is 12.1. The molecule has 1 atom stereocenters. The number of rotatable bonds is 6. The molecule has 0 radical (unpaired) electrons. The number of aryl methyl sites for hydroxylation is 1. The Hall–Kier alpha value is 0.0900. The molecule has 0 aromatic carbocycles. The number of hydrogen-bond donors (Lipinski definition) is 1. The van der Waals surface area contributed by atoms with Gasteiger partial charge in [0.15, 0.2) is 9.84 Å². The van der Waals surface area contributed by atoms with Crippen LogP contribution >= 0.6 is 27.3 Å². The van der Waals surface area contributed by atoms with Crippen molar-refractivity contribution in [3.8, 4) is 0 Å². The largest absolute Gasteiger partial charge is 0.308 e. The van der Waals surface area contributed by atoms with Gasteiger partial charge in [0.2, 0.25) is 0 Å². The third-order valence-corrected chi connectivity index (χ3v) is 7.76. The van der Waals surface area contributed by atoms with Crippen molar-refractivity contribution in [3.63, 3.8) is 0 Å². The Labute approximate surface area is 128 Å². The van der Waals surface area contributed by atoms with E-state index in [1.165, 1.54) is 11.1 Å². The molecule has 19 heavy (non-hydrogen) atoms. The Bertz CT molecular complexity index is 515. The molecule has 0 saturated carbocycles. The van der Waals surface area contributed by atoms with Crippen molar-refractivity contribution in [1.29, 1.82) is 0 Å². The van der Waals surface area contributed by atoms with E-state index in [9.17, 15) is 8.42 Å². The zero-order valence-corrected chi connectivity index (χ0v) is 15.3. The SMILES string of the molecule is CCCNC(c1cc(Br)c(C)s1)C(C)(C)S(C)(=O)=O. The normalized spacial score (nSPS) is 14.6. The quantitative estimate of drug-likeness (QED) is 0.833. The van der Waals surface area contributed by atoms with Crippen molar-refractivity contribution in [2.45, 2.75) is 44.9 Å². The molecule has 0 amide bonds. The van der Waals surface area contributed by atoms with Gasteiger partial charge in [-0.2, -0.15) is 0 Å². The van der Waals surface area contributed by atoms with Crippen LogP contribution in [0.25, 0.3) is 0 Å². The molecular formula is C13H22BrNO2S2. The number of hydrogen-bond acceptors (Lipinski definition) is 4. The molecule has 1 aromatic rings. The second-order valence-electron chi connectivity index (χ2n) is 5.32. The Kier molecular flexibility index (Phi) is 5.63. The summed E-state index contributed by atoms with van der Waals surface area (Å²) < 4.78 is 24.4. The lowest BCUT2D eigenvalue weighted by molar-refractivity contribution is 0.425. The van der Waals surface area contributed by atoms with Crippen LogP contribution in [0, 0.1) is 6.92 Å². The van der Waals surface area contributed by atoms with E-state index in [-0.39, 0.29) is 6.04 Å². The fourth-order valence-corrected chi connectivity index (χ4v) is 4.35. The number of halogens is 1. The van der Waals surface area contributed by atoms with Gasteiger partial charge in [0, 0.05) is 20.5 Å². The number of thiophene rings is 1. The van der Waals surface area contributed by atoms with Crippen LogP contribution in [0.2, 0.25) is 0 Å². The fourth-order valence-electron chi connectivity index (χ4n) is 1.82. The maximum Gasteiger partial charge on any atom is 0.154 e. The van der Waals surface area contributed by atoms with Gasteiger partial charge in [-0.1, -0.05) is 6.92 Å². The molecular weight excluding hydrogens is 346 g/mol. The van der Waals surface area contributed by atoms with Gasteiger partial charge in [-0.3, -0.25) is 0 Å². The van der Waals surface area contributed by atoms with Crippen molar-refractivity contribution in [1.82, 2.24) is 5.32 Å². The first-order chi connectivity index (χ1) is 8.61. The van der Waals surface area contributed by atoms with Gasteiger partial charge < -0.3 is 5.32 Å². The minimum absolute atomic E-state index is 0.183. The van der Waals surface area contributed by atoms with Crippen molar-refractivity contribution in [2.75, 3.05) is 12.8 Å². The Morgan fingerprint density at radius 2 is 2.05 bits per heavy atom. The average Bonchev–Trinajstić information content (AvgIpc) is 2.57. The van der Waals surface area contributed by atoms with Gasteiger partial charge in [-0.05, 0) is 55.7 Å². The molecule has 3 nitrogen and oxygen atoms in total. The highest BCUT2D eigenvalue weighted by Gasteiger charge is 2.40. The molecule has 0 saturated heterocycles. The predicted octanol–water partition coefficient (Wildman–Crippen LogP) is 3.68. The van der Waals surface area contributed by atoms with E-state index in [2.05, 4.69) is 28.2 Å². The summed E-state index contributed by atoms with van der Waals surface area (Å²) in [5.74, 6) is 0. The third-order valence-electron chi connectivity index (χ3n) is 3.41. The monoisotopic (exact) mass is 367 g/mol. The molecule has 1 heterocycles. The van der Waals surface area contributed by atoms with Gasteiger partial charge >= 0.3 is 0 Å².